The molecule has 0 heterocycles. The molecule has 0 amide bonds. The van der Waals surface area contributed by atoms with Crippen molar-refractivity contribution in [1.82, 2.24) is 0 Å². The lowest BCUT2D eigenvalue weighted by atomic mass is 10.1. The quantitative estimate of drug-likeness (QED) is 0.0275. The number of rotatable bonds is 30. The Morgan fingerprint density at radius 1 is 0.667 bits per heavy atom. The van der Waals surface area contributed by atoms with E-state index in [2.05, 4.69) is 50.3 Å². The molecule has 0 aromatic rings. The molecular formula is C37H65NO7. The number of carboxylic acid groups (broad SMARTS) is 1. The van der Waals surface area contributed by atoms with Gasteiger partial charge in [0.25, 0.3) is 0 Å². The summed E-state index contributed by atoms with van der Waals surface area (Å²) in [5.74, 6) is -1.80. The predicted molar refractivity (Wildman–Crippen MR) is 180 cm³/mol. The molecule has 0 aromatic carbocycles. The summed E-state index contributed by atoms with van der Waals surface area (Å²) in [5, 5.41) is 11.5. The van der Waals surface area contributed by atoms with Crippen molar-refractivity contribution in [3.63, 3.8) is 0 Å². The SMILES string of the molecule is CCCC/C=C/C=C/CCCCCC(=O)OC(COCCC(C(=O)[O-])[N+](C)(C)C)COC(=O)CCCCCC/C=C/CCCC. The molecule has 0 saturated carbocycles. The monoisotopic (exact) mass is 635 g/mol. The van der Waals surface area contributed by atoms with Gasteiger partial charge in [0.15, 0.2) is 6.10 Å². The molecule has 8 heteroatoms. The molecule has 2 unspecified atom stereocenters. The Bertz CT molecular complexity index is 844. The van der Waals surface area contributed by atoms with Crippen LogP contribution >= 0.6 is 0 Å². The second-order valence-corrected chi connectivity index (χ2v) is 12.8. The number of hydrogen-bond donors (Lipinski definition) is 0. The number of likely N-dealkylation sites (N-methyl/N-ethyl adjacent to an activating group) is 1. The van der Waals surface area contributed by atoms with E-state index in [4.69, 9.17) is 14.2 Å². The highest BCUT2D eigenvalue weighted by molar-refractivity contribution is 5.70. The molecule has 0 fully saturated rings. The molecule has 0 spiro atoms. The average molecular weight is 636 g/mol. The Kier molecular flexibility index (Phi) is 27.4. The number of allylic oxidation sites excluding steroid dienone is 6. The van der Waals surface area contributed by atoms with Crippen molar-refractivity contribution in [2.24, 2.45) is 0 Å². The Hall–Kier alpha value is -2.45. The maximum absolute atomic E-state index is 12.6. The van der Waals surface area contributed by atoms with Gasteiger partial charge in [0.05, 0.1) is 40.3 Å². The molecule has 0 N–H and O–H groups in total. The van der Waals surface area contributed by atoms with E-state index in [-0.39, 0.29) is 49.1 Å². The number of quaternary nitrogens is 1. The molecule has 0 aliphatic heterocycles. The minimum atomic E-state index is -1.13. The van der Waals surface area contributed by atoms with Crippen LogP contribution in [0, 0.1) is 0 Å². The number of carbonyl (C=O) groups is 3. The molecule has 0 radical (unpaired) electrons. The van der Waals surface area contributed by atoms with Crippen LogP contribution in [0.3, 0.4) is 0 Å². The van der Waals surface area contributed by atoms with Gasteiger partial charge in [-0.2, -0.15) is 0 Å². The zero-order valence-electron chi connectivity index (χ0n) is 29.3. The first-order valence-corrected chi connectivity index (χ1v) is 17.5. The van der Waals surface area contributed by atoms with Crippen molar-refractivity contribution in [1.29, 1.82) is 0 Å². The first kappa shape index (κ1) is 42.6. The first-order chi connectivity index (χ1) is 21.6. The Morgan fingerprint density at radius 2 is 1.18 bits per heavy atom. The number of nitrogens with zero attached hydrogens (tertiary/aromatic N) is 1. The van der Waals surface area contributed by atoms with E-state index in [0.717, 1.165) is 70.6 Å². The second-order valence-electron chi connectivity index (χ2n) is 12.8. The molecule has 2 atom stereocenters. The summed E-state index contributed by atoms with van der Waals surface area (Å²) < 4.78 is 17.0. The van der Waals surface area contributed by atoms with Gasteiger partial charge in [-0.1, -0.05) is 95.2 Å². The van der Waals surface area contributed by atoms with Crippen LogP contribution < -0.4 is 5.11 Å². The van der Waals surface area contributed by atoms with E-state index in [9.17, 15) is 19.5 Å². The van der Waals surface area contributed by atoms with Gasteiger partial charge in [0.1, 0.15) is 12.6 Å². The van der Waals surface area contributed by atoms with Crippen molar-refractivity contribution in [3.05, 3.63) is 36.5 Å². The van der Waals surface area contributed by atoms with E-state index in [0.29, 0.717) is 6.42 Å². The number of esters is 2. The molecular weight excluding hydrogens is 570 g/mol. The summed E-state index contributed by atoms with van der Waals surface area (Å²) in [4.78, 5) is 36.4. The van der Waals surface area contributed by atoms with Gasteiger partial charge in [-0.15, -0.1) is 0 Å². The van der Waals surface area contributed by atoms with Gasteiger partial charge in [0, 0.05) is 19.3 Å². The summed E-state index contributed by atoms with van der Waals surface area (Å²) in [6.45, 7) is 4.49. The maximum atomic E-state index is 12.6. The van der Waals surface area contributed by atoms with Gasteiger partial charge < -0.3 is 28.6 Å². The molecule has 8 nitrogen and oxygen atoms in total. The van der Waals surface area contributed by atoms with Crippen LogP contribution in [0.2, 0.25) is 0 Å². The fourth-order valence-corrected chi connectivity index (χ4v) is 4.67. The Labute approximate surface area is 274 Å². The minimum Gasteiger partial charge on any atom is -0.544 e. The zero-order valence-corrected chi connectivity index (χ0v) is 29.3. The van der Waals surface area contributed by atoms with E-state index in [1.54, 1.807) is 21.1 Å². The fraction of sp³-hybridized carbons (Fsp3) is 0.757. The third-order valence-corrected chi connectivity index (χ3v) is 7.53. The van der Waals surface area contributed by atoms with E-state index in [1.807, 2.05) is 0 Å². The van der Waals surface area contributed by atoms with Gasteiger partial charge in [0.2, 0.25) is 0 Å². The highest BCUT2D eigenvalue weighted by Gasteiger charge is 2.25. The molecule has 260 valence electrons. The standard InChI is InChI=1S/C37H65NO7/c1-6-8-10-12-14-16-18-20-22-24-26-28-36(40)45-33(31-43-30-29-34(37(41)42)38(3,4)5)32-44-35(39)27-25-23-21-19-17-15-13-11-9-7-2/h12-16,18,33-34H,6-11,17,19-32H2,1-5H3/b14-12+,15-13+,18-16+. The van der Waals surface area contributed by atoms with E-state index in [1.165, 1.54) is 25.7 Å². The van der Waals surface area contributed by atoms with Crippen molar-refractivity contribution in [2.45, 2.75) is 142 Å². The van der Waals surface area contributed by atoms with Crippen molar-refractivity contribution in [3.8, 4) is 0 Å². The topological polar surface area (TPSA) is 102 Å². The number of ether oxygens (including phenoxy) is 3. The number of unbranched alkanes of at least 4 members (excludes halogenated alkanes) is 11. The molecule has 0 rings (SSSR count). The molecule has 0 saturated heterocycles. The van der Waals surface area contributed by atoms with Crippen LogP contribution in [0.25, 0.3) is 0 Å². The van der Waals surface area contributed by atoms with Gasteiger partial charge in [-0.25, -0.2) is 0 Å². The largest absolute Gasteiger partial charge is 0.544 e. The molecule has 45 heavy (non-hydrogen) atoms. The lowest BCUT2D eigenvalue weighted by Crippen LogP contribution is -2.55. The summed E-state index contributed by atoms with van der Waals surface area (Å²) >= 11 is 0. The van der Waals surface area contributed by atoms with Crippen LogP contribution in [-0.4, -0.2) is 75.5 Å². The number of carbonyl (C=O) groups excluding carboxylic acids is 3. The van der Waals surface area contributed by atoms with Crippen LogP contribution in [-0.2, 0) is 28.6 Å². The summed E-state index contributed by atoms with van der Waals surface area (Å²) in [5.41, 5.74) is 0. The number of carboxylic acids is 1. The van der Waals surface area contributed by atoms with Gasteiger partial charge in [-0.3, -0.25) is 9.59 Å². The Balaban J connectivity index is 4.55. The third kappa shape index (κ3) is 27.6. The highest BCUT2D eigenvalue weighted by Crippen LogP contribution is 2.11. The normalized spacial score (nSPS) is 13.5. The molecule has 0 aliphatic rings. The maximum Gasteiger partial charge on any atom is 0.306 e. The Morgan fingerprint density at radius 3 is 1.76 bits per heavy atom. The smallest absolute Gasteiger partial charge is 0.306 e. The molecule has 0 aliphatic carbocycles. The summed E-state index contributed by atoms with van der Waals surface area (Å²) in [7, 11) is 5.37. The fourth-order valence-electron chi connectivity index (χ4n) is 4.67. The van der Waals surface area contributed by atoms with Crippen molar-refractivity contribution < 1.29 is 38.2 Å². The molecule has 0 bridgehead atoms. The zero-order chi connectivity index (χ0) is 33.6. The van der Waals surface area contributed by atoms with Crippen LogP contribution in [0.5, 0.6) is 0 Å². The first-order valence-electron chi connectivity index (χ1n) is 17.5. The average Bonchev–Trinajstić information content (AvgIpc) is 2.98. The predicted octanol–water partition coefficient (Wildman–Crippen LogP) is 7.01. The van der Waals surface area contributed by atoms with Gasteiger partial charge in [-0.05, 0) is 51.4 Å². The summed E-state index contributed by atoms with van der Waals surface area (Å²) in [6, 6.07) is -0.729. The van der Waals surface area contributed by atoms with Crippen molar-refractivity contribution in [2.75, 3.05) is 41.0 Å². The van der Waals surface area contributed by atoms with E-state index >= 15 is 0 Å². The number of aliphatic carboxylic acids is 1. The number of hydrogen-bond acceptors (Lipinski definition) is 7. The lowest BCUT2D eigenvalue weighted by Gasteiger charge is -2.34. The highest BCUT2D eigenvalue weighted by atomic mass is 16.6. The molecule has 0 aromatic heterocycles. The van der Waals surface area contributed by atoms with Crippen LogP contribution in [0.15, 0.2) is 36.5 Å². The lowest BCUT2D eigenvalue weighted by molar-refractivity contribution is -0.889. The van der Waals surface area contributed by atoms with E-state index < -0.39 is 18.1 Å². The second kappa shape index (κ2) is 29.0. The minimum absolute atomic E-state index is 0.0261. The van der Waals surface area contributed by atoms with Crippen LogP contribution in [0.1, 0.15) is 129 Å². The summed E-state index contributed by atoms with van der Waals surface area (Å²) in [6.07, 6.45) is 28.9. The third-order valence-electron chi connectivity index (χ3n) is 7.53. The van der Waals surface area contributed by atoms with Crippen molar-refractivity contribution >= 4 is 17.9 Å². The van der Waals surface area contributed by atoms with Gasteiger partial charge >= 0.3 is 11.9 Å². The van der Waals surface area contributed by atoms with Crippen LogP contribution in [0.4, 0.5) is 0 Å².